The molecule has 0 aliphatic heterocycles. The molecule has 1 aliphatic carbocycles. The Morgan fingerprint density at radius 2 is 2.19 bits per heavy atom. The van der Waals surface area contributed by atoms with Crippen molar-refractivity contribution in [3.8, 4) is 0 Å². The minimum atomic E-state index is -0.855. The zero-order valence-corrected chi connectivity index (χ0v) is 8.97. The Hall–Kier alpha value is -1.39. The van der Waals surface area contributed by atoms with Crippen molar-refractivity contribution in [2.75, 3.05) is 0 Å². The van der Waals surface area contributed by atoms with Gasteiger partial charge in [0, 0.05) is 11.8 Å². The summed E-state index contributed by atoms with van der Waals surface area (Å²) in [5.74, 6) is -0.855. The summed E-state index contributed by atoms with van der Waals surface area (Å²) in [5, 5.41) is 12.8. The Balaban J connectivity index is 1.99. The van der Waals surface area contributed by atoms with E-state index in [1.54, 1.807) is 17.1 Å². The Labute approximate surface area is 93.1 Å². The van der Waals surface area contributed by atoms with Gasteiger partial charge < -0.3 is 5.11 Å². The number of aliphatic carboxylic acids is 1. The van der Waals surface area contributed by atoms with Crippen molar-refractivity contribution in [1.82, 2.24) is 9.78 Å². The molecule has 0 saturated heterocycles. The molecular weight excluding hydrogens is 211 g/mol. The number of aromatic nitrogens is 2. The van der Waals surface area contributed by atoms with E-state index in [-0.39, 0.29) is 12.5 Å². The first kappa shape index (κ1) is 11.1. The van der Waals surface area contributed by atoms with Crippen LogP contribution in [0.4, 0.5) is 4.39 Å². The van der Waals surface area contributed by atoms with Gasteiger partial charge in [-0.05, 0) is 25.7 Å². The van der Waals surface area contributed by atoms with Gasteiger partial charge in [-0.25, -0.2) is 4.39 Å². The summed E-state index contributed by atoms with van der Waals surface area (Å²) in [6, 6.07) is 0.231. The zero-order chi connectivity index (χ0) is 11.5. The standard InChI is InChI=1S/C11H15FN2O2/c12-9-1-3-10(4-2-9)14-7-8(6-13-14)5-11(15)16/h6-7,9-10H,1-5H2,(H,15,16). The second kappa shape index (κ2) is 4.63. The molecule has 88 valence electrons. The van der Waals surface area contributed by atoms with E-state index in [2.05, 4.69) is 5.10 Å². The highest BCUT2D eigenvalue weighted by Gasteiger charge is 2.22. The number of carbonyl (C=O) groups is 1. The van der Waals surface area contributed by atoms with E-state index in [1.807, 2.05) is 0 Å². The van der Waals surface area contributed by atoms with Crippen LogP contribution in [-0.2, 0) is 11.2 Å². The second-order valence-electron chi connectivity index (χ2n) is 4.30. The van der Waals surface area contributed by atoms with Crippen LogP contribution in [0.5, 0.6) is 0 Å². The molecule has 16 heavy (non-hydrogen) atoms. The highest BCUT2D eigenvalue weighted by Crippen LogP contribution is 2.29. The highest BCUT2D eigenvalue weighted by molar-refractivity contribution is 5.69. The Morgan fingerprint density at radius 3 is 2.81 bits per heavy atom. The van der Waals surface area contributed by atoms with Gasteiger partial charge in [0.15, 0.2) is 0 Å². The molecule has 1 aromatic heterocycles. The van der Waals surface area contributed by atoms with Crippen LogP contribution in [-0.4, -0.2) is 27.0 Å². The smallest absolute Gasteiger partial charge is 0.307 e. The van der Waals surface area contributed by atoms with Crippen molar-refractivity contribution in [2.45, 2.75) is 44.3 Å². The maximum absolute atomic E-state index is 12.9. The molecule has 1 fully saturated rings. The van der Waals surface area contributed by atoms with E-state index in [9.17, 15) is 9.18 Å². The van der Waals surface area contributed by atoms with Gasteiger partial charge in [-0.3, -0.25) is 9.48 Å². The maximum atomic E-state index is 12.9. The molecule has 0 radical (unpaired) electrons. The molecule has 0 aromatic carbocycles. The molecule has 0 atom stereocenters. The summed E-state index contributed by atoms with van der Waals surface area (Å²) in [5.41, 5.74) is 0.704. The first-order chi connectivity index (χ1) is 7.65. The third kappa shape index (κ3) is 2.59. The predicted molar refractivity (Wildman–Crippen MR) is 56.0 cm³/mol. The van der Waals surface area contributed by atoms with Gasteiger partial charge in [-0.1, -0.05) is 0 Å². The average molecular weight is 226 g/mol. The molecule has 1 heterocycles. The van der Waals surface area contributed by atoms with Gasteiger partial charge in [0.1, 0.15) is 6.17 Å². The number of hydrogen-bond acceptors (Lipinski definition) is 2. The quantitative estimate of drug-likeness (QED) is 0.857. The molecule has 0 spiro atoms. The normalized spacial score (nSPS) is 25.6. The Morgan fingerprint density at radius 1 is 1.50 bits per heavy atom. The van der Waals surface area contributed by atoms with Crippen molar-refractivity contribution in [2.24, 2.45) is 0 Å². The lowest BCUT2D eigenvalue weighted by atomic mass is 9.94. The first-order valence-corrected chi connectivity index (χ1v) is 5.54. The van der Waals surface area contributed by atoms with Crippen molar-refractivity contribution in [1.29, 1.82) is 0 Å². The van der Waals surface area contributed by atoms with E-state index >= 15 is 0 Å². The number of carboxylic acids is 1. The van der Waals surface area contributed by atoms with Gasteiger partial charge in [-0.15, -0.1) is 0 Å². The largest absolute Gasteiger partial charge is 0.481 e. The summed E-state index contributed by atoms with van der Waals surface area (Å²) in [6.45, 7) is 0. The predicted octanol–water partition coefficient (Wildman–Crippen LogP) is 1.96. The monoisotopic (exact) mass is 226 g/mol. The third-order valence-electron chi connectivity index (χ3n) is 3.01. The van der Waals surface area contributed by atoms with E-state index in [1.165, 1.54) is 0 Å². The second-order valence-corrected chi connectivity index (χ2v) is 4.30. The molecule has 1 saturated carbocycles. The van der Waals surface area contributed by atoms with E-state index in [0.29, 0.717) is 18.4 Å². The molecule has 1 aliphatic rings. The fourth-order valence-electron chi connectivity index (χ4n) is 2.14. The van der Waals surface area contributed by atoms with Gasteiger partial charge in [0.25, 0.3) is 0 Å². The first-order valence-electron chi connectivity index (χ1n) is 5.54. The molecule has 1 N–H and O–H groups in total. The fraction of sp³-hybridized carbons (Fsp3) is 0.636. The van der Waals surface area contributed by atoms with Crippen LogP contribution in [0.15, 0.2) is 12.4 Å². The number of hydrogen-bond donors (Lipinski definition) is 1. The Kier molecular flexibility index (Phi) is 3.22. The van der Waals surface area contributed by atoms with Gasteiger partial charge >= 0.3 is 5.97 Å². The van der Waals surface area contributed by atoms with Crippen molar-refractivity contribution in [3.63, 3.8) is 0 Å². The molecule has 1 aromatic rings. The van der Waals surface area contributed by atoms with Crippen molar-refractivity contribution < 1.29 is 14.3 Å². The number of carboxylic acid groups (broad SMARTS) is 1. The lowest BCUT2D eigenvalue weighted by Crippen LogP contribution is -2.19. The molecule has 5 heteroatoms. The molecule has 0 unspecified atom stereocenters. The van der Waals surface area contributed by atoms with Crippen molar-refractivity contribution >= 4 is 5.97 Å². The summed E-state index contributed by atoms with van der Waals surface area (Å²) in [7, 11) is 0. The molecule has 4 nitrogen and oxygen atoms in total. The van der Waals surface area contributed by atoms with Crippen LogP contribution in [0.1, 0.15) is 37.3 Å². The van der Waals surface area contributed by atoms with E-state index in [0.717, 1.165) is 12.8 Å². The lowest BCUT2D eigenvalue weighted by molar-refractivity contribution is -0.136. The Bertz CT molecular complexity index is 370. The lowest BCUT2D eigenvalue weighted by Gasteiger charge is -2.24. The number of nitrogens with zero attached hydrogens (tertiary/aromatic N) is 2. The van der Waals surface area contributed by atoms with Crippen LogP contribution in [0.2, 0.25) is 0 Å². The van der Waals surface area contributed by atoms with Crippen LogP contribution in [0, 0.1) is 0 Å². The number of rotatable bonds is 3. The topological polar surface area (TPSA) is 55.1 Å². The highest BCUT2D eigenvalue weighted by atomic mass is 19.1. The zero-order valence-electron chi connectivity index (χ0n) is 8.97. The number of alkyl halides is 1. The van der Waals surface area contributed by atoms with E-state index < -0.39 is 12.1 Å². The molecule has 2 rings (SSSR count). The van der Waals surface area contributed by atoms with Crippen LogP contribution >= 0.6 is 0 Å². The summed E-state index contributed by atoms with van der Waals surface area (Å²) in [4.78, 5) is 10.5. The summed E-state index contributed by atoms with van der Waals surface area (Å²) in [6.07, 6.45) is 5.40. The van der Waals surface area contributed by atoms with E-state index in [4.69, 9.17) is 5.11 Å². The minimum absolute atomic E-state index is 0.00153. The number of halogens is 1. The van der Waals surface area contributed by atoms with Crippen LogP contribution in [0.25, 0.3) is 0 Å². The summed E-state index contributed by atoms with van der Waals surface area (Å²) >= 11 is 0. The van der Waals surface area contributed by atoms with Crippen LogP contribution < -0.4 is 0 Å². The average Bonchev–Trinajstić information content (AvgIpc) is 2.66. The fourth-order valence-corrected chi connectivity index (χ4v) is 2.14. The maximum Gasteiger partial charge on any atom is 0.307 e. The third-order valence-corrected chi connectivity index (χ3v) is 3.01. The molecular formula is C11H15FN2O2. The van der Waals surface area contributed by atoms with Crippen molar-refractivity contribution in [3.05, 3.63) is 18.0 Å². The molecule has 0 amide bonds. The summed E-state index contributed by atoms with van der Waals surface area (Å²) < 4.78 is 14.7. The minimum Gasteiger partial charge on any atom is -0.481 e. The SMILES string of the molecule is O=C(O)Cc1cnn(C2CCC(F)CC2)c1. The van der Waals surface area contributed by atoms with Gasteiger partial charge in [-0.2, -0.15) is 5.10 Å². The van der Waals surface area contributed by atoms with Gasteiger partial charge in [0.05, 0.1) is 18.7 Å². The molecule has 0 bridgehead atoms. The van der Waals surface area contributed by atoms with Crippen LogP contribution in [0.3, 0.4) is 0 Å². The van der Waals surface area contributed by atoms with Gasteiger partial charge in [0.2, 0.25) is 0 Å².